The first-order valence-electron chi connectivity index (χ1n) is 18.9. The number of anilines is 6. The van der Waals surface area contributed by atoms with Crippen molar-refractivity contribution in [2.45, 2.75) is 56.4 Å². The van der Waals surface area contributed by atoms with Crippen molar-refractivity contribution in [3.05, 3.63) is 89.6 Å². The van der Waals surface area contributed by atoms with Gasteiger partial charge in [-0.3, -0.25) is 34.2 Å². The Labute approximate surface area is 331 Å². The molecule has 17 heteroatoms. The molecule has 1 aromatic heterocycles. The smallest absolute Gasteiger partial charge is 0.262 e. The van der Waals surface area contributed by atoms with Gasteiger partial charge in [0.15, 0.2) is 10.7 Å². The van der Waals surface area contributed by atoms with Gasteiger partial charge in [-0.25, -0.2) is 13.4 Å². The molecule has 1 atom stereocenters. The average molecular weight is 794 g/mol. The van der Waals surface area contributed by atoms with E-state index >= 15 is 0 Å². The lowest BCUT2D eigenvalue weighted by molar-refractivity contribution is -0.136. The Morgan fingerprint density at radius 1 is 0.842 bits per heavy atom. The monoisotopic (exact) mass is 793 g/mol. The Bertz CT molecular complexity index is 2280. The highest BCUT2D eigenvalue weighted by Crippen LogP contribution is 2.30. The van der Waals surface area contributed by atoms with E-state index < -0.39 is 40.4 Å². The first-order chi connectivity index (χ1) is 27.5. The minimum atomic E-state index is -2.69. The van der Waals surface area contributed by atoms with Gasteiger partial charge < -0.3 is 25.8 Å². The normalized spacial score (nSPS) is 16.8. The Morgan fingerprint density at radius 3 is 2.35 bits per heavy atom. The van der Waals surface area contributed by atoms with Crippen LogP contribution in [0.1, 0.15) is 64.8 Å². The highest BCUT2D eigenvalue weighted by Gasteiger charge is 2.44. The minimum absolute atomic E-state index is 0.0694. The molecule has 0 radical (unpaired) electrons. The molecule has 7 rings (SSSR count). The molecule has 0 bridgehead atoms. The van der Waals surface area contributed by atoms with Gasteiger partial charge in [-0.1, -0.05) is 12.5 Å². The molecule has 3 aliphatic heterocycles. The summed E-state index contributed by atoms with van der Waals surface area (Å²) in [6.07, 6.45) is 4.76. The fraction of sp³-hybridized carbons (Fsp3) is 0.325. The first kappa shape index (κ1) is 38.9. The number of hydrogen-bond donors (Lipinski definition) is 5. The van der Waals surface area contributed by atoms with Crippen LogP contribution in [0, 0.1) is 6.92 Å². The summed E-state index contributed by atoms with van der Waals surface area (Å²) in [5.41, 5.74) is 4.42. The number of piperazine rings is 1. The largest absolute Gasteiger partial charge is 0.385 e. The number of amides is 5. The number of nitrogens with one attached hydrogen (secondary N) is 4. The molecule has 4 aromatic rings. The SMILES string of the molecule is Cc1cnc(Nc2ccc(N3CCN(C(=O)CCCCCNc4ccc5c(c4)C(=O)N(C4CCC(=O)NC4=O)C5=O)CC3)cc2)nc1Nc1cccc([SH](=O)=O)c1. The number of aromatic nitrogens is 2. The van der Waals surface area contributed by atoms with E-state index in [1.165, 1.54) is 6.07 Å². The molecule has 4 N–H and O–H groups in total. The van der Waals surface area contributed by atoms with Crippen LogP contribution < -0.4 is 26.2 Å². The number of nitrogens with zero attached hydrogens (tertiary/aromatic N) is 5. The maximum atomic E-state index is 13.1. The second-order valence-electron chi connectivity index (χ2n) is 14.1. The third-order valence-electron chi connectivity index (χ3n) is 10.2. The number of unbranched alkanes of at least 4 members (excludes halogenated alkanes) is 2. The molecular formula is C40H43N9O7S. The van der Waals surface area contributed by atoms with E-state index in [9.17, 15) is 32.4 Å². The van der Waals surface area contributed by atoms with E-state index in [2.05, 4.69) is 36.1 Å². The molecule has 3 aliphatic rings. The number of aryl methyl sites for hydroxylation is 1. The standard InChI is InChI=1S/C40H43N9O7S/c1-25-24-42-40(46-36(25)43-28-6-5-7-30(22-28)57(55)56)44-26-9-12-29(13-10-26)47-18-20-48(21-19-47)35(51)8-3-2-4-17-41-27-11-14-31-32(23-27)39(54)49(38(31)53)33-15-16-34(50)45-37(33)52/h5-7,9-14,22-24,33,41,57H,2-4,8,15-21H2,1H3,(H,45,50,52)(H2,42,43,44,46). The fourth-order valence-corrected chi connectivity index (χ4v) is 7.56. The quantitative estimate of drug-likeness (QED) is 0.0698. The molecule has 0 aliphatic carbocycles. The molecule has 1 unspecified atom stereocenters. The summed E-state index contributed by atoms with van der Waals surface area (Å²) in [4.78, 5) is 77.2. The van der Waals surface area contributed by atoms with Gasteiger partial charge in [-0.15, -0.1) is 0 Å². The van der Waals surface area contributed by atoms with Crippen molar-refractivity contribution in [3.8, 4) is 0 Å². The number of carbonyl (C=O) groups is 5. The van der Waals surface area contributed by atoms with E-state index in [1.54, 1.807) is 42.6 Å². The van der Waals surface area contributed by atoms with Crippen LogP contribution in [0.5, 0.6) is 0 Å². The fourth-order valence-electron chi connectivity index (χ4n) is 7.11. The van der Waals surface area contributed by atoms with E-state index in [4.69, 9.17) is 0 Å². The van der Waals surface area contributed by atoms with Crippen molar-refractivity contribution in [2.75, 3.05) is 53.6 Å². The highest BCUT2D eigenvalue weighted by molar-refractivity contribution is 7.72. The van der Waals surface area contributed by atoms with Gasteiger partial charge in [0.05, 0.1) is 16.0 Å². The van der Waals surface area contributed by atoms with Crippen LogP contribution in [-0.4, -0.2) is 96.5 Å². The highest BCUT2D eigenvalue weighted by atomic mass is 32.2. The predicted octanol–water partition coefficient (Wildman–Crippen LogP) is 3.96. The van der Waals surface area contributed by atoms with Crippen LogP contribution in [0.25, 0.3) is 0 Å². The summed E-state index contributed by atoms with van der Waals surface area (Å²) in [6, 6.07) is 18.4. The van der Waals surface area contributed by atoms with Crippen molar-refractivity contribution in [3.63, 3.8) is 0 Å². The zero-order valence-electron chi connectivity index (χ0n) is 31.3. The van der Waals surface area contributed by atoms with Gasteiger partial charge in [-0.2, -0.15) is 4.98 Å². The second kappa shape index (κ2) is 17.2. The van der Waals surface area contributed by atoms with Crippen molar-refractivity contribution < 1.29 is 32.4 Å². The molecule has 2 saturated heterocycles. The lowest BCUT2D eigenvalue weighted by Gasteiger charge is -2.36. The lowest BCUT2D eigenvalue weighted by Crippen LogP contribution is -2.54. The van der Waals surface area contributed by atoms with Gasteiger partial charge in [0.2, 0.25) is 23.7 Å². The maximum absolute atomic E-state index is 13.1. The van der Waals surface area contributed by atoms with Crippen LogP contribution in [0.2, 0.25) is 0 Å². The van der Waals surface area contributed by atoms with Gasteiger partial charge in [0.1, 0.15) is 11.9 Å². The minimum Gasteiger partial charge on any atom is -0.385 e. The zero-order valence-corrected chi connectivity index (χ0v) is 32.2. The van der Waals surface area contributed by atoms with Crippen molar-refractivity contribution in [1.29, 1.82) is 0 Å². The van der Waals surface area contributed by atoms with E-state index in [-0.39, 0.29) is 34.8 Å². The Kier molecular flexibility index (Phi) is 11.7. The number of hydrogen-bond acceptors (Lipinski definition) is 13. The number of benzene rings is 3. The molecule has 5 amide bonds. The van der Waals surface area contributed by atoms with Crippen LogP contribution in [-0.2, 0) is 25.1 Å². The topological polar surface area (TPSA) is 203 Å². The third-order valence-corrected chi connectivity index (χ3v) is 10.9. The van der Waals surface area contributed by atoms with Gasteiger partial charge in [0, 0.05) is 80.1 Å². The van der Waals surface area contributed by atoms with Gasteiger partial charge in [-0.05, 0) is 86.8 Å². The molecule has 16 nitrogen and oxygen atoms in total. The summed E-state index contributed by atoms with van der Waals surface area (Å²) in [6.45, 7) is 5.22. The third kappa shape index (κ3) is 9.04. The number of rotatable bonds is 14. The van der Waals surface area contributed by atoms with Crippen molar-refractivity contribution in [1.82, 2.24) is 25.1 Å². The number of carbonyl (C=O) groups excluding carboxylic acids is 5. The number of piperidine rings is 1. The molecule has 57 heavy (non-hydrogen) atoms. The molecule has 0 spiro atoms. The predicted molar refractivity (Wildman–Crippen MR) is 214 cm³/mol. The molecular weight excluding hydrogens is 751 g/mol. The Morgan fingerprint density at radius 2 is 1.60 bits per heavy atom. The Balaban J connectivity index is 0.810. The van der Waals surface area contributed by atoms with E-state index in [0.717, 1.165) is 54.2 Å². The summed E-state index contributed by atoms with van der Waals surface area (Å²) < 4.78 is 22.8. The van der Waals surface area contributed by atoms with Crippen LogP contribution in [0.3, 0.4) is 0 Å². The second-order valence-corrected chi connectivity index (χ2v) is 15.2. The van der Waals surface area contributed by atoms with Crippen LogP contribution in [0.15, 0.2) is 77.8 Å². The summed E-state index contributed by atoms with van der Waals surface area (Å²) in [5, 5.41) is 11.9. The zero-order chi connectivity index (χ0) is 40.1. The van der Waals surface area contributed by atoms with Crippen molar-refractivity contribution >= 4 is 74.8 Å². The molecule has 296 valence electrons. The van der Waals surface area contributed by atoms with Crippen LogP contribution in [0.4, 0.5) is 34.5 Å². The van der Waals surface area contributed by atoms with Gasteiger partial charge >= 0.3 is 0 Å². The number of thiol groups is 1. The van der Waals surface area contributed by atoms with E-state index in [1.807, 2.05) is 36.1 Å². The number of fused-ring (bicyclic) bond motifs is 1. The Hall–Kier alpha value is -6.36. The summed E-state index contributed by atoms with van der Waals surface area (Å²) in [5.74, 6) is -1.03. The molecule has 3 aromatic carbocycles. The first-order valence-corrected chi connectivity index (χ1v) is 20.1. The average Bonchev–Trinajstić information content (AvgIpc) is 3.45. The maximum Gasteiger partial charge on any atom is 0.262 e. The molecule has 4 heterocycles. The van der Waals surface area contributed by atoms with Crippen molar-refractivity contribution in [2.24, 2.45) is 0 Å². The summed E-state index contributed by atoms with van der Waals surface area (Å²) in [7, 11) is -2.69. The van der Waals surface area contributed by atoms with Crippen LogP contribution >= 0.6 is 0 Å². The van der Waals surface area contributed by atoms with Gasteiger partial charge in [0.25, 0.3) is 11.8 Å². The lowest BCUT2D eigenvalue weighted by atomic mass is 10.0. The van der Waals surface area contributed by atoms with E-state index in [0.29, 0.717) is 49.2 Å². The number of imide groups is 2. The molecule has 0 saturated carbocycles. The molecule has 2 fully saturated rings. The summed E-state index contributed by atoms with van der Waals surface area (Å²) >= 11 is 0.